The Hall–Kier alpha value is -1.21. The number of nitrogens with zero attached hydrogens (tertiary/aromatic N) is 2. The average Bonchev–Trinajstić information content (AvgIpc) is 2.50. The van der Waals surface area contributed by atoms with Gasteiger partial charge in [0, 0.05) is 14.1 Å². The predicted molar refractivity (Wildman–Crippen MR) is 105 cm³/mol. The number of hydrogen-bond donors (Lipinski definition) is 2. The molecule has 0 fully saturated rings. The first kappa shape index (κ1) is 21.8. The second-order valence-corrected chi connectivity index (χ2v) is 6.77. The van der Waals surface area contributed by atoms with E-state index in [1.807, 2.05) is 25.9 Å². The van der Waals surface area contributed by atoms with E-state index >= 15 is 0 Å². The Morgan fingerprint density at radius 2 is 2.17 bits per heavy atom. The van der Waals surface area contributed by atoms with Gasteiger partial charge in [-0.05, 0) is 31.8 Å². The highest BCUT2D eigenvalue weighted by Crippen LogP contribution is 2.17. The van der Waals surface area contributed by atoms with Crippen molar-refractivity contribution in [1.29, 1.82) is 0 Å². The molecule has 0 aliphatic heterocycles. The molecule has 0 heterocycles. The van der Waals surface area contributed by atoms with E-state index in [1.54, 1.807) is 18.4 Å². The first-order chi connectivity index (χ1) is 10.9. The second kappa shape index (κ2) is 12.2. The number of nitrogens with one attached hydrogen (secondary N) is 2. The highest BCUT2D eigenvalue weighted by molar-refractivity contribution is 9.09. The Morgan fingerprint density at radius 3 is 2.61 bits per heavy atom. The molecule has 0 aromatic carbocycles. The average molecular weight is 405 g/mol. The van der Waals surface area contributed by atoms with Crippen LogP contribution in [-0.4, -0.2) is 29.1 Å². The number of halogens is 2. The summed E-state index contributed by atoms with van der Waals surface area (Å²) in [5.41, 5.74) is 1.02. The van der Waals surface area contributed by atoms with Crippen molar-refractivity contribution in [3.63, 3.8) is 0 Å². The van der Waals surface area contributed by atoms with Gasteiger partial charge in [-0.15, -0.1) is 0 Å². The first-order valence-electron chi connectivity index (χ1n) is 7.30. The van der Waals surface area contributed by atoms with E-state index in [-0.39, 0.29) is 4.95 Å². The highest BCUT2D eigenvalue weighted by atomic mass is 79.9. The minimum atomic E-state index is -0.402. The van der Waals surface area contributed by atoms with Crippen molar-refractivity contribution in [3.05, 3.63) is 47.7 Å². The van der Waals surface area contributed by atoms with E-state index in [0.29, 0.717) is 5.17 Å². The van der Waals surface area contributed by atoms with Crippen molar-refractivity contribution in [2.75, 3.05) is 14.1 Å². The van der Waals surface area contributed by atoms with E-state index in [4.69, 9.17) is 0 Å². The molecular weight excluding hydrogens is 379 g/mol. The maximum Gasteiger partial charge on any atom is 0.173 e. The number of rotatable bonds is 8. The molecule has 0 aromatic heterocycles. The fourth-order valence-corrected chi connectivity index (χ4v) is 2.57. The summed E-state index contributed by atoms with van der Waals surface area (Å²) in [5.74, 6) is 0.465. The number of thioether (sulfide) groups is 1. The normalized spacial score (nSPS) is 15.3. The Morgan fingerprint density at radius 1 is 1.52 bits per heavy atom. The maximum absolute atomic E-state index is 13.5. The summed E-state index contributed by atoms with van der Waals surface area (Å²) in [6, 6.07) is 0. The van der Waals surface area contributed by atoms with Crippen LogP contribution >= 0.6 is 27.7 Å². The SMILES string of the molecule is C=CSC(=N/C=C(F)\C=C/C)N(C)/C(NC)=C(\CC)NC(C)Br. The van der Waals surface area contributed by atoms with Crippen LogP contribution in [0.25, 0.3) is 0 Å². The van der Waals surface area contributed by atoms with Gasteiger partial charge in [-0.1, -0.05) is 47.3 Å². The van der Waals surface area contributed by atoms with E-state index in [1.165, 1.54) is 24.0 Å². The lowest BCUT2D eigenvalue weighted by molar-refractivity contribution is 0.550. The lowest BCUT2D eigenvalue weighted by Crippen LogP contribution is -2.35. The highest BCUT2D eigenvalue weighted by Gasteiger charge is 2.15. The minimum absolute atomic E-state index is 0.133. The van der Waals surface area contributed by atoms with Crippen LogP contribution in [0.4, 0.5) is 4.39 Å². The quantitative estimate of drug-likeness (QED) is 0.203. The summed E-state index contributed by atoms with van der Waals surface area (Å²) in [6.45, 7) is 9.53. The maximum atomic E-state index is 13.5. The molecule has 0 saturated heterocycles. The summed E-state index contributed by atoms with van der Waals surface area (Å²) in [6.07, 6.45) is 4.99. The van der Waals surface area contributed by atoms with Crippen LogP contribution in [0.3, 0.4) is 0 Å². The van der Waals surface area contributed by atoms with E-state index in [2.05, 4.69) is 45.1 Å². The molecule has 4 nitrogen and oxygen atoms in total. The summed E-state index contributed by atoms with van der Waals surface area (Å²) in [7, 11) is 3.72. The molecule has 0 radical (unpaired) electrons. The van der Waals surface area contributed by atoms with E-state index in [0.717, 1.165) is 17.9 Å². The Balaban J connectivity index is 5.68. The number of hydrogen-bond acceptors (Lipinski definition) is 4. The van der Waals surface area contributed by atoms with E-state index in [9.17, 15) is 4.39 Å². The molecule has 0 amide bonds. The zero-order chi connectivity index (χ0) is 17.8. The monoisotopic (exact) mass is 404 g/mol. The van der Waals surface area contributed by atoms with Gasteiger partial charge in [0.15, 0.2) is 5.17 Å². The molecule has 0 aromatic rings. The standard InChI is InChI=1S/C16H26BrFN4S/c1-7-10-13(18)11-20-16(23-9-3)22(6)15(19-5)14(8-2)21-12(4)17/h7,9-12,19,21H,3,8H2,1-2,4-6H3/b10-7-,13-11+,15-14+,20-16?. The largest absolute Gasteiger partial charge is 0.373 e. The van der Waals surface area contributed by atoms with Gasteiger partial charge in [0.1, 0.15) is 11.6 Å². The van der Waals surface area contributed by atoms with Gasteiger partial charge in [0.25, 0.3) is 0 Å². The van der Waals surface area contributed by atoms with Gasteiger partial charge in [-0.25, -0.2) is 9.38 Å². The molecule has 23 heavy (non-hydrogen) atoms. The molecule has 2 N–H and O–H groups in total. The second-order valence-electron chi connectivity index (χ2n) is 4.46. The van der Waals surface area contributed by atoms with Crippen LogP contribution in [0.15, 0.2) is 52.7 Å². The van der Waals surface area contributed by atoms with Gasteiger partial charge < -0.3 is 15.5 Å². The third kappa shape index (κ3) is 8.27. The van der Waals surface area contributed by atoms with Crippen LogP contribution in [-0.2, 0) is 0 Å². The van der Waals surface area contributed by atoms with Gasteiger partial charge in [0.2, 0.25) is 0 Å². The number of aliphatic imine (C=N–C) groups is 1. The van der Waals surface area contributed by atoms with Crippen LogP contribution in [0.2, 0.25) is 0 Å². The Labute approximate surface area is 151 Å². The van der Waals surface area contributed by atoms with Gasteiger partial charge in [-0.3, -0.25) is 0 Å². The van der Waals surface area contributed by atoms with Gasteiger partial charge in [-0.2, -0.15) is 0 Å². The fourth-order valence-electron chi connectivity index (χ4n) is 1.78. The van der Waals surface area contributed by atoms with Crippen molar-refractivity contribution in [3.8, 4) is 0 Å². The van der Waals surface area contributed by atoms with Crippen LogP contribution in [0.5, 0.6) is 0 Å². The molecule has 1 unspecified atom stereocenters. The Kier molecular flexibility index (Phi) is 11.6. The summed E-state index contributed by atoms with van der Waals surface area (Å²) in [4.78, 5) is 6.23. The van der Waals surface area contributed by atoms with Crippen LogP contribution in [0.1, 0.15) is 27.2 Å². The first-order valence-corrected chi connectivity index (χ1v) is 9.09. The summed E-state index contributed by atoms with van der Waals surface area (Å²) >= 11 is 4.81. The fraction of sp³-hybridized carbons (Fsp3) is 0.438. The van der Waals surface area contributed by atoms with Crippen LogP contribution in [0, 0.1) is 0 Å². The molecule has 130 valence electrons. The minimum Gasteiger partial charge on any atom is -0.373 e. The molecule has 0 aliphatic carbocycles. The predicted octanol–water partition coefficient (Wildman–Crippen LogP) is 4.67. The summed E-state index contributed by atoms with van der Waals surface area (Å²) < 4.78 is 13.5. The number of allylic oxidation sites excluding steroid dienone is 4. The zero-order valence-corrected chi connectivity index (χ0v) is 16.8. The smallest absolute Gasteiger partial charge is 0.173 e. The lowest BCUT2D eigenvalue weighted by Gasteiger charge is -2.26. The summed E-state index contributed by atoms with van der Waals surface area (Å²) in [5, 5.41) is 8.79. The molecule has 7 heteroatoms. The third-order valence-corrected chi connectivity index (χ3v) is 3.67. The van der Waals surface area contributed by atoms with Crippen molar-refractivity contribution in [2.24, 2.45) is 4.99 Å². The third-order valence-electron chi connectivity index (χ3n) is 2.68. The molecule has 0 saturated carbocycles. The lowest BCUT2D eigenvalue weighted by atomic mass is 10.3. The molecule has 0 bridgehead atoms. The van der Waals surface area contributed by atoms with Crippen LogP contribution < -0.4 is 10.6 Å². The molecular formula is C16H26BrFN4S. The topological polar surface area (TPSA) is 39.7 Å². The molecule has 0 spiro atoms. The van der Waals surface area contributed by atoms with Gasteiger partial charge in [0.05, 0.1) is 16.8 Å². The number of amidine groups is 1. The molecule has 1 atom stereocenters. The molecule has 0 aliphatic rings. The number of alkyl halides is 1. The Bertz CT molecular complexity index is 498. The van der Waals surface area contributed by atoms with Crippen molar-refractivity contribution in [2.45, 2.75) is 32.1 Å². The van der Waals surface area contributed by atoms with Crippen molar-refractivity contribution >= 4 is 32.9 Å². The molecule has 0 rings (SSSR count). The zero-order valence-electron chi connectivity index (χ0n) is 14.4. The van der Waals surface area contributed by atoms with Crippen molar-refractivity contribution < 1.29 is 4.39 Å². The van der Waals surface area contributed by atoms with E-state index < -0.39 is 5.83 Å². The van der Waals surface area contributed by atoms with Crippen molar-refractivity contribution in [1.82, 2.24) is 15.5 Å². The van der Waals surface area contributed by atoms with Gasteiger partial charge >= 0.3 is 0 Å².